The molecule has 0 radical (unpaired) electrons. The fourth-order valence-corrected chi connectivity index (χ4v) is 2.83. The molecular formula is C15H24Cl2N2. The second-order valence-electron chi connectivity index (χ2n) is 5.85. The Kier molecular flexibility index (Phi) is 6.61. The van der Waals surface area contributed by atoms with Crippen molar-refractivity contribution < 1.29 is 0 Å². The summed E-state index contributed by atoms with van der Waals surface area (Å²) in [5.41, 5.74) is 1.82. The smallest absolute Gasteiger partial charge is 0.0406 e. The maximum atomic E-state index is 5.89. The monoisotopic (exact) mass is 302 g/mol. The first-order chi connectivity index (χ1) is 8.57. The average Bonchev–Trinajstić information content (AvgIpc) is 2.75. The summed E-state index contributed by atoms with van der Waals surface area (Å²) in [6.07, 6.45) is 2.38. The summed E-state index contributed by atoms with van der Waals surface area (Å²) < 4.78 is 0. The molecule has 0 spiro atoms. The Labute approximate surface area is 127 Å². The minimum absolute atomic E-state index is 0. The minimum Gasteiger partial charge on any atom is -0.316 e. The lowest BCUT2D eigenvalue weighted by molar-refractivity contribution is 0.211. The highest BCUT2D eigenvalue weighted by Crippen LogP contribution is 2.25. The molecule has 0 amide bonds. The molecule has 0 saturated carbocycles. The lowest BCUT2D eigenvalue weighted by Crippen LogP contribution is -2.36. The van der Waals surface area contributed by atoms with Crippen molar-refractivity contribution >= 4 is 24.0 Å². The van der Waals surface area contributed by atoms with E-state index in [-0.39, 0.29) is 12.4 Å². The van der Waals surface area contributed by atoms with Crippen LogP contribution in [-0.4, -0.2) is 38.1 Å². The van der Waals surface area contributed by atoms with Crippen LogP contribution in [0.15, 0.2) is 24.3 Å². The quantitative estimate of drug-likeness (QED) is 0.898. The summed E-state index contributed by atoms with van der Waals surface area (Å²) in [6.45, 7) is 6.98. The van der Waals surface area contributed by atoms with E-state index in [9.17, 15) is 0 Å². The van der Waals surface area contributed by atoms with Crippen LogP contribution in [-0.2, 0) is 6.42 Å². The zero-order valence-electron chi connectivity index (χ0n) is 11.8. The number of halogens is 2. The lowest BCUT2D eigenvalue weighted by atomic mass is 9.89. The van der Waals surface area contributed by atoms with Gasteiger partial charge in [0.2, 0.25) is 0 Å². The van der Waals surface area contributed by atoms with Gasteiger partial charge in [-0.25, -0.2) is 0 Å². The van der Waals surface area contributed by atoms with Gasteiger partial charge in [-0.05, 0) is 49.5 Å². The molecule has 2 nitrogen and oxygen atoms in total. The van der Waals surface area contributed by atoms with Crippen LogP contribution in [0.2, 0.25) is 5.02 Å². The molecule has 2 rings (SSSR count). The molecule has 1 heterocycles. The first-order valence-electron chi connectivity index (χ1n) is 6.71. The van der Waals surface area contributed by atoms with E-state index in [1.807, 2.05) is 12.1 Å². The molecule has 1 atom stereocenters. The predicted molar refractivity (Wildman–Crippen MR) is 85.5 cm³/mol. The summed E-state index contributed by atoms with van der Waals surface area (Å²) >= 11 is 5.89. The van der Waals surface area contributed by atoms with Crippen LogP contribution in [0.3, 0.4) is 0 Å². The molecule has 1 aromatic carbocycles. The SMILES string of the molecule is CN(CCc1ccc(Cl)cc1)CC1(C)CCNC1.Cl. The molecule has 1 aromatic rings. The Morgan fingerprint density at radius 2 is 2.00 bits per heavy atom. The van der Waals surface area contributed by atoms with Gasteiger partial charge in [0.25, 0.3) is 0 Å². The van der Waals surface area contributed by atoms with Crippen molar-refractivity contribution in [1.82, 2.24) is 10.2 Å². The van der Waals surface area contributed by atoms with Crippen molar-refractivity contribution in [3.8, 4) is 0 Å². The molecular weight excluding hydrogens is 279 g/mol. The molecule has 1 fully saturated rings. The number of hydrogen-bond acceptors (Lipinski definition) is 2. The Bertz CT molecular complexity index is 372. The van der Waals surface area contributed by atoms with Crippen LogP contribution in [0.25, 0.3) is 0 Å². The second kappa shape index (κ2) is 7.49. The van der Waals surface area contributed by atoms with Crippen molar-refractivity contribution in [2.24, 2.45) is 5.41 Å². The summed E-state index contributed by atoms with van der Waals surface area (Å²) in [5, 5.41) is 4.27. The molecule has 0 bridgehead atoms. The van der Waals surface area contributed by atoms with Crippen LogP contribution in [0.4, 0.5) is 0 Å². The first-order valence-corrected chi connectivity index (χ1v) is 7.09. The topological polar surface area (TPSA) is 15.3 Å². The summed E-state index contributed by atoms with van der Waals surface area (Å²) in [5.74, 6) is 0. The van der Waals surface area contributed by atoms with E-state index >= 15 is 0 Å². The number of nitrogens with one attached hydrogen (secondary N) is 1. The Hall–Kier alpha value is -0.280. The fourth-order valence-electron chi connectivity index (χ4n) is 2.71. The number of rotatable bonds is 5. The Balaban J connectivity index is 0.00000180. The van der Waals surface area contributed by atoms with Gasteiger partial charge < -0.3 is 10.2 Å². The van der Waals surface area contributed by atoms with Gasteiger partial charge in [-0.2, -0.15) is 0 Å². The first kappa shape index (κ1) is 16.8. The van der Waals surface area contributed by atoms with Crippen molar-refractivity contribution in [1.29, 1.82) is 0 Å². The molecule has 1 saturated heterocycles. The molecule has 0 aromatic heterocycles. The third kappa shape index (κ3) is 5.31. The average molecular weight is 303 g/mol. The predicted octanol–water partition coefficient (Wildman–Crippen LogP) is 3.24. The van der Waals surface area contributed by atoms with Crippen molar-refractivity contribution in [2.75, 3.05) is 33.2 Å². The summed E-state index contributed by atoms with van der Waals surface area (Å²) in [6, 6.07) is 8.18. The number of benzene rings is 1. The molecule has 1 aliphatic heterocycles. The molecule has 1 aliphatic rings. The largest absolute Gasteiger partial charge is 0.316 e. The number of hydrogen-bond donors (Lipinski definition) is 1. The van der Waals surface area contributed by atoms with Gasteiger partial charge in [0.15, 0.2) is 0 Å². The van der Waals surface area contributed by atoms with Gasteiger partial charge in [0, 0.05) is 24.7 Å². The van der Waals surface area contributed by atoms with Crippen LogP contribution in [0, 0.1) is 5.41 Å². The summed E-state index contributed by atoms with van der Waals surface area (Å²) in [7, 11) is 2.22. The third-order valence-electron chi connectivity index (χ3n) is 3.80. The fraction of sp³-hybridized carbons (Fsp3) is 0.600. The van der Waals surface area contributed by atoms with E-state index in [1.54, 1.807) is 0 Å². The lowest BCUT2D eigenvalue weighted by Gasteiger charge is -2.29. The van der Waals surface area contributed by atoms with Gasteiger partial charge in [-0.1, -0.05) is 30.7 Å². The van der Waals surface area contributed by atoms with Gasteiger partial charge in [-0.3, -0.25) is 0 Å². The number of nitrogens with zero attached hydrogens (tertiary/aromatic N) is 1. The van der Waals surface area contributed by atoms with E-state index in [1.165, 1.54) is 25.1 Å². The zero-order chi connectivity index (χ0) is 13.0. The van der Waals surface area contributed by atoms with Crippen molar-refractivity contribution in [3.05, 3.63) is 34.9 Å². The molecule has 1 N–H and O–H groups in total. The maximum absolute atomic E-state index is 5.89. The molecule has 1 unspecified atom stereocenters. The third-order valence-corrected chi connectivity index (χ3v) is 4.06. The van der Waals surface area contributed by atoms with E-state index in [0.717, 1.165) is 24.5 Å². The van der Waals surface area contributed by atoms with Gasteiger partial charge in [0.05, 0.1) is 0 Å². The van der Waals surface area contributed by atoms with Crippen LogP contribution < -0.4 is 5.32 Å². The van der Waals surface area contributed by atoms with E-state index < -0.39 is 0 Å². The zero-order valence-corrected chi connectivity index (χ0v) is 13.4. The van der Waals surface area contributed by atoms with Crippen LogP contribution in [0.1, 0.15) is 18.9 Å². The Morgan fingerprint density at radius 3 is 2.58 bits per heavy atom. The van der Waals surface area contributed by atoms with Crippen LogP contribution >= 0.6 is 24.0 Å². The standard InChI is InChI=1S/C15H23ClN2.ClH/c1-15(8-9-17-11-15)12-18(2)10-7-13-3-5-14(16)6-4-13;/h3-6,17H,7-12H2,1-2H3;1H. The normalized spacial score (nSPS) is 22.5. The maximum Gasteiger partial charge on any atom is 0.0406 e. The molecule has 0 aliphatic carbocycles. The minimum atomic E-state index is 0. The molecule has 4 heteroatoms. The van der Waals surface area contributed by atoms with E-state index in [0.29, 0.717) is 5.41 Å². The number of likely N-dealkylation sites (N-methyl/N-ethyl adjacent to an activating group) is 1. The Morgan fingerprint density at radius 1 is 1.32 bits per heavy atom. The van der Waals surface area contributed by atoms with Gasteiger partial charge in [0.1, 0.15) is 0 Å². The van der Waals surface area contributed by atoms with E-state index in [4.69, 9.17) is 11.6 Å². The van der Waals surface area contributed by atoms with E-state index in [2.05, 4.69) is 36.3 Å². The highest BCUT2D eigenvalue weighted by atomic mass is 35.5. The highest BCUT2D eigenvalue weighted by Gasteiger charge is 2.29. The van der Waals surface area contributed by atoms with Crippen LogP contribution in [0.5, 0.6) is 0 Å². The molecule has 108 valence electrons. The van der Waals surface area contributed by atoms with Crippen molar-refractivity contribution in [2.45, 2.75) is 19.8 Å². The van der Waals surface area contributed by atoms with Gasteiger partial charge in [-0.15, -0.1) is 12.4 Å². The van der Waals surface area contributed by atoms with Crippen molar-refractivity contribution in [3.63, 3.8) is 0 Å². The second-order valence-corrected chi connectivity index (χ2v) is 6.29. The highest BCUT2D eigenvalue weighted by molar-refractivity contribution is 6.30. The van der Waals surface area contributed by atoms with Gasteiger partial charge >= 0.3 is 0 Å². The molecule has 19 heavy (non-hydrogen) atoms. The summed E-state index contributed by atoms with van der Waals surface area (Å²) in [4.78, 5) is 2.45.